The van der Waals surface area contributed by atoms with Crippen LogP contribution in [0.15, 0.2) is 24.3 Å². The molecule has 0 heterocycles. The van der Waals surface area contributed by atoms with Crippen molar-refractivity contribution in [1.29, 1.82) is 0 Å². The number of anilines is 1. The average molecular weight is 277 g/mol. The minimum Gasteiger partial charge on any atom is -0.459 e. The number of carbonyl (C=O) groups excluding carboxylic acids is 1. The summed E-state index contributed by atoms with van der Waals surface area (Å²) in [6, 6.07) is 7.58. The van der Waals surface area contributed by atoms with Crippen molar-refractivity contribution in [1.82, 2.24) is 0 Å². The molecule has 112 valence electrons. The van der Waals surface area contributed by atoms with E-state index in [2.05, 4.69) is 13.8 Å². The molecule has 0 aliphatic heterocycles. The van der Waals surface area contributed by atoms with Crippen LogP contribution in [0.3, 0.4) is 0 Å². The monoisotopic (exact) mass is 277 g/mol. The number of hydrogen-bond acceptors (Lipinski definition) is 3. The fraction of sp³-hybridized carbons (Fsp3) is 0.588. The zero-order valence-electron chi connectivity index (χ0n) is 13.2. The third-order valence-corrected chi connectivity index (χ3v) is 3.46. The van der Waals surface area contributed by atoms with E-state index in [4.69, 9.17) is 4.74 Å². The predicted octanol–water partition coefficient (Wildman–Crippen LogP) is 4.27. The summed E-state index contributed by atoms with van der Waals surface area (Å²) in [5.41, 5.74) is 1.55. The molecule has 0 saturated heterocycles. The number of hydrogen-bond donors (Lipinski definition) is 0. The molecule has 0 aliphatic rings. The molecule has 0 radical (unpaired) electrons. The minimum absolute atomic E-state index is 0.0317. The number of ether oxygens (including phenoxy) is 1. The van der Waals surface area contributed by atoms with Crippen molar-refractivity contribution < 1.29 is 9.53 Å². The van der Waals surface area contributed by atoms with E-state index in [1.807, 2.05) is 43.3 Å². The highest BCUT2D eigenvalue weighted by Gasteiger charge is 2.17. The SMILES string of the molecule is CCCCCC(CC)OC(=O)c1ccccc1N(C)C. The van der Waals surface area contributed by atoms with E-state index < -0.39 is 0 Å². The van der Waals surface area contributed by atoms with Gasteiger partial charge in [0.2, 0.25) is 0 Å². The van der Waals surface area contributed by atoms with Crippen LogP contribution in [0.25, 0.3) is 0 Å². The molecule has 1 aromatic carbocycles. The number of rotatable bonds is 8. The van der Waals surface area contributed by atoms with Gasteiger partial charge in [-0.25, -0.2) is 4.79 Å². The molecule has 3 heteroatoms. The quantitative estimate of drug-likeness (QED) is 0.525. The fourth-order valence-electron chi connectivity index (χ4n) is 2.22. The zero-order valence-corrected chi connectivity index (χ0v) is 13.2. The Balaban J connectivity index is 2.69. The molecular formula is C17H27NO2. The summed E-state index contributed by atoms with van der Waals surface area (Å²) in [4.78, 5) is 14.3. The molecule has 0 amide bonds. The lowest BCUT2D eigenvalue weighted by Crippen LogP contribution is -2.20. The summed E-state index contributed by atoms with van der Waals surface area (Å²) in [6.45, 7) is 4.25. The van der Waals surface area contributed by atoms with Crippen LogP contribution in [0.4, 0.5) is 5.69 Å². The standard InChI is InChI=1S/C17H27NO2/c1-5-7-8-11-14(6-2)20-17(19)15-12-9-10-13-16(15)18(3)4/h9-10,12-14H,5-8,11H2,1-4H3. The Kier molecular flexibility index (Phi) is 7.13. The number of nitrogens with zero attached hydrogens (tertiary/aromatic N) is 1. The Hall–Kier alpha value is -1.51. The summed E-state index contributed by atoms with van der Waals surface area (Å²) in [6.07, 6.45) is 5.37. The molecule has 0 bridgehead atoms. The van der Waals surface area contributed by atoms with Crippen LogP contribution in [0, 0.1) is 0 Å². The molecular weight excluding hydrogens is 250 g/mol. The van der Waals surface area contributed by atoms with Gasteiger partial charge in [-0.2, -0.15) is 0 Å². The Bertz CT molecular complexity index is 415. The molecule has 1 atom stereocenters. The highest BCUT2D eigenvalue weighted by atomic mass is 16.5. The van der Waals surface area contributed by atoms with Crippen molar-refractivity contribution in [2.75, 3.05) is 19.0 Å². The Morgan fingerprint density at radius 2 is 1.90 bits per heavy atom. The number of carbonyl (C=O) groups is 1. The normalized spacial score (nSPS) is 12.0. The first-order chi connectivity index (χ1) is 9.60. The summed E-state index contributed by atoms with van der Waals surface area (Å²) in [5.74, 6) is -0.211. The minimum atomic E-state index is -0.211. The molecule has 0 fully saturated rings. The maximum absolute atomic E-state index is 12.3. The van der Waals surface area contributed by atoms with E-state index >= 15 is 0 Å². The number of benzene rings is 1. The Labute approximate surface area is 122 Å². The van der Waals surface area contributed by atoms with Gasteiger partial charge in [0.15, 0.2) is 0 Å². The number of esters is 1. The van der Waals surface area contributed by atoms with Gasteiger partial charge in [-0.15, -0.1) is 0 Å². The summed E-state index contributed by atoms with van der Waals surface area (Å²) in [7, 11) is 3.87. The maximum Gasteiger partial charge on any atom is 0.340 e. The van der Waals surface area contributed by atoms with Crippen LogP contribution >= 0.6 is 0 Å². The van der Waals surface area contributed by atoms with Gasteiger partial charge in [0.05, 0.1) is 11.3 Å². The summed E-state index contributed by atoms with van der Waals surface area (Å²) in [5, 5.41) is 0. The van der Waals surface area contributed by atoms with E-state index in [0.29, 0.717) is 5.56 Å². The predicted molar refractivity (Wildman–Crippen MR) is 84.4 cm³/mol. The first-order valence-corrected chi connectivity index (χ1v) is 7.57. The lowest BCUT2D eigenvalue weighted by Gasteiger charge is -2.20. The van der Waals surface area contributed by atoms with Crippen LogP contribution < -0.4 is 4.90 Å². The zero-order chi connectivity index (χ0) is 15.0. The van der Waals surface area contributed by atoms with Crippen molar-refractivity contribution in [3.63, 3.8) is 0 Å². The fourth-order valence-corrected chi connectivity index (χ4v) is 2.22. The van der Waals surface area contributed by atoms with Gasteiger partial charge in [-0.05, 0) is 31.4 Å². The van der Waals surface area contributed by atoms with Gasteiger partial charge in [-0.3, -0.25) is 0 Å². The number of unbranched alkanes of at least 4 members (excludes halogenated alkanes) is 2. The van der Waals surface area contributed by atoms with Crippen molar-refractivity contribution in [3.8, 4) is 0 Å². The largest absolute Gasteiger partial charge is 0.459 e. The van der Waals surface area contributed by atoms with Gasteiger partial charge in [0.1, 0.15) is 6.10 Å². The third kappa shape index (κ3) is 4.87. The van der Waals surface area contributed by atoms with Crippen molar-refractivity contribution >= 4 is 11.7 Å². The van der Waals surface area contributed by atoms with Gasteiger partial charge < -0.3 is 9.64 Å². The third-order valence-electron chi connectivity index (χ3n) is 3.46. The van der Waals surface area contributed by atoms with Crippen LogP contribution in [0.2, 0.25) is 0 Å². The Morgan fingerprint density at radius 3 is 2.50 bits per heavy atom. The maximum atomic E-state index is 12.3. The van der Waals surface area contributed by atoms with Crippen LogP contribution in [-0.4, -0.2) is 26.2 Å². The highest BCUT2D eigenvalue weighted by molar-refractivity contribution is 5.95. The number of para-hydroxylation sites is 1. The van der Waals surface area contributed by atoms with Gasteiger partial charge in [0, 0.05) is 14.1 Å². The van der Waals surface area contributed by atoms with Gasteiger partial charge >= 0.3 is 5.97 Å². The highest BCUT2D eigenvalue weighted by Crippen LogP contribution is 2.21. The van der Waals surface area contributed by atoms with Gasteiger partial charge in [-0.1, -0.05) is 38.8 Å². The molecule has 1 unspecified atom stereocenters. The van der Waals surface area contributed by atoms with Crippen LogP contribution in [-0.2, 0) is 4.74 Å². The lowest BCUT2D eigenvalue weighted by molar-refractivity contribution is 0.0268. The molecule has 20 heavy (non-hydrogen) atoms. The molecule has 1 aromatic rings. The van der Waals surface area contributed by atoms with Crippen LogP contribution in [0.1, 0.15) is 56.3 Å². The lowest BCUT2D eigenvalue weighted by atomic mass is 10.1. The van der Waals surface area contributed by atoms with Crippen molar-refractivity contribution in [2.24, 2.45) is 0 Å². The van der Waals surface area contributed by atoms with Crippen molar-refractivity contribution in [3.05, 3.63) is 29.8 Å². The molecule has 0 aliphatic carbocycles. The smallest absolute Gasteiger partial charge is 0.340 e. The van der Waals surface area contributed by atoms with E-state index in [-0.39, 0.29) is 12.1 Å². The van der Waals surface area contributed by atoms with E-state index in [1.165, 1.54) is 12.8 Å². The summed E-state index contributed by atoms with van der Waals surface area (Å²) < 4.78 is 5.66. The Morgan fingerprint density at radius 1 is 1.20 bits per heavy atom. The summed E-state index contributed by atoms with van der Waals surface area (Å²) >= 11 is 0. The van der Waals surface area contributed by atoms with E-state index in [9.17, 15) is 4.79 Å². The first kappa shape index (κ1) is 16.5. The molecule has 0 N–H and O–H groups in total. The molecule has 3 nitrogen and oxygen atoms in total. The van der Waals surface area contributed by atoms with Crippen LogP contribution in [0.5, 0.6) is 0 Å². The topological polar surface area (TPSA) is 29.5 Å². The van der Waals surface area contributed by atoms with E-state index in [1.54, 1.807) is 0 Å². The second kappa shape index (κ2) is 8.62. The molecule has 0 aromatic heterocycles. The first-order valence-electron chi connectivity index (χ1n) is 7.57. The van der Waals surface area contributed by atoms with E-state index in [0.717, 1.165) is 24.9 Å². The molecule has 0 spiro atoms. The molecule has 0 saturated carbocycles. The van der Waals surface area contributed by atoms with Crippen molar-refractivity contribution in [2.45, 2.75) is 52.1 Å². The molecule has 1 rings (SSSR count). The van der Waals surface area contributed by atoms with Gasteiger partial charge in [0.25, 0.3) is 0 Å². The second-order valence-electron chi connectivity index (χ2n) is 5.34. The average Bonchev–Trinajstić information content (AvgIpc) is 2.46. The second-order valence-corrected chi connectivity index (χ2v) is 5.34.